The first-order valence-corrected chi connectivity index (χ1v) is 7.53. The molecule has 4 nitrogen and oxygen atoms in total. The summed E-state index contributed by atoms with van der Waals surface area (Å²) < 4.78 is 0. The van der Waals surface area contributed by atoms with E-state index in [2.05, 4.69) is 4.98 Å². The van der Waals surface area contributed by atoms with E-state index in [4.69, 9.17) is 23.2 Å². The summed E-state index contributed by atoms with van der Waals surface area (Å²) in [6.45, 7) is 0.955. The summed E-state index contributed by atoms with van der Waals surface area (Å²) in [6, 6.07) is 5.08. The molecular formula is C15H14Cl2N2O2. The normalized spacial score (nSPS) is 19.0. The number of pyridine rings is 1. The number of rotatable bonds is 1. The average Bonchev–Trinajstić information content (AvgIpc) is 2.47. The van der Waals surface area contributed by atoms with Gasteiger partial charge in [-0.05, 0) is 25.0 Å². The molecule has 110 valence electrons. The third-order valence-electron chi connectivity index (χ3n) is 3.69. The molecular weight excluding hydrogens is 311 g/mol. The molecule has 3 rings (SSSR count). The number of hydrogen-bond acceptors (Lipinski definition) is 3. The molecule has 1 fully saturated rings. The lowest BCUT2D eigenvalue weighted by Gasteiger charge is -2.30. The molecule has 0 radical (unpaired) electrons. The van der Waals surface area contributed by atoms with Gasteiger partial charge in [-0.3, -0.25) is 9.78 Å². The molecule has 1 unspecified atom stereocenters. The number of amides is 1. The summed E-state index contributed by atoms with van der Waals surface area (Å²) in [5.74, 6) is -0.187. The Morgan fingerprint density at radius 1 is 1.38 bits per heavy atom. The van der Waals surface area contributed by atoms with Crippen LogP contribution in [-0.2, 0) is 0 Å². The van der Waals surface area contributed by atoms with Gasteiger partial charge in [0.15, 0.2) is 0 Å². The lowest BCUT2D eigenvalue weighted by Crippen LogP contribution is -2.42. The molecule has 1 atom stereocenters. The van der Waals surface area contributed by atoms with Gasteiger partial charge >= 0.3 is 0 Å². The fraction of sp³-hybridized carbons (Fsp3) is 0.333. The van der Waals surface area contributed by atoms with Crippen molar-refractivity contribution in [3.05, 3.63) is 40.0 Å². The number of nitrogens with zero attached hydrogens (tertiary/aromatic N) is 2. The highest BCUT2D eigenvalue weighted by Gasteiger charge is 2.26. The van der Waals surface area contributed by atoms with E-state index < -0.39 is 6.10 Å². The summed E-state index contributed by atoms with van der Waals surface area (Å²) in [7, 11) is 0. The van der Waals surface area contributed by atoms with Gasteiger partial charge in [-0.1, -0.05) is 29.3 Å². The molecule has 2 aromatic rings. The van der Waals surface area contributed by atoms with Crippen LogP contribution in [-0.4, -0.2) is 40.1 Å². The lowest BCUT2D eigenvalue weighted by molar-refractivity contribution is 0.0475. The first-order chi connectivity index (χ1) is 10.1. The van der Waals surface area contributed by atoms with Crippen LogP contribution in [0, 0.1) is 0 Å². The minimum Gasteiger partial charge on any atom is -0.391 e. The zero-order chi connectivity index (χ0) is 15.0. The molecule has 2 heterocycles. The van der Waals surface area contributed by atoms with Gasteiger partial charge in [0, 0.05) is 24.7 Å². The van der Waals surface area contributed by atoms with Gasteiger partial charge in [0.2, 0.25) is 0 Å². The van der Waals surface area contributed by atoms with Crippen molar-refractivity contribution < 1.29 is 9.90 Å². The number of aliphatic hydroxyl groups is 1. The van der Waals surface area contributed by atoms with Crippen molar-refractivity contribution >= 4 is 40.0 Å². The minimum absolute atomic E-state index is 0.187. The lowest BCUT2D eigenvalue weighted by atomic mass is 10.0. The second-order valence-corrected chi connectivity index (χ2v) is 5.98. The first-order valence-electron chi connectivity index (χ1n) is 6.78. The highest BCUT2D eigenvalue weighted by Crippen LogP contribution is 2.32. The number of aliphatic hydroxyl groups excluding tert-OH is 1. The molecule has 1 saturated heterocycles. The summed E-state index contributed by atoms with van der Waals surface area (Å²) in [4.78, 5) is 18.6. The molecule has 1 N–H and O–H groups in total. The quantitative estimate of drug-likeness (QED) is 0.876. The Hall–Kier alpha value is -1.36. The summed E-state index contributed by atoms with van der Waals surface area (Å²) in [6.07, 6.45) is 2.66. The van der Waals surface area contributed by atoms with Crippen molar-refractivity contribution in [2.24, 2.45) is 0 Å². The van der Waals surface area contributed by atoms with Gasteiger partial charge in [-0.2, -0.15) is 0 Å². The number of likely N-dealkylation sites (tertiary alicyclic amines) is 1. The van der Waals surface area contributed by atoms with Gasteiger partial charge in [0.25, 0.3) is 5.91 Å². The van der Waals surface area contributed by atoms with Crippen LogP contribution < -0.4 is 0 Å². The number of benzene rings is 1. The highest BCUT2D eigenvalue weighted by atomic mass is 35.5. The first kappa shape index (κ1) is 14.6. The molecule has 0 bridgehead atoms. The van der Waals surface area contributed by atoms with Crippen molar-refractivity contribution in [1.29, 1.82) is 0 Å². The second kappa shape index (κ2) is 5.79. The zero-order valence-corrected chi connectivity index (χ0v) is 12.7. The SMILES string of the molecule is O=C(c1c(Cl)cc(Cl)c2ncccc12)N1CCCC(O)C1. The minimum atomic E-state index is -0.474. The molecule has 0 aliphatic carbocycles. The van der Waals surface area contributed by atoms with E-state index in [1.165, 1.54) is 0 Å². The van der Waals surface area contributed by atoms with Gasteiger partial charge in [0.05, 0.1) is 27.2 Å². The van der Waals surface area contributed by atoms with Crippen molar-refractivity contribution in [2.75, 3.05) is 13.1 Å². The third kappa shape index (κ3) is 2.71. The number of hydrogen-bond donors (Lipinski definition) is 1. The topological polar surface area (TPSA) is 53.4 Å². The van der Waals surface area contributed by atoms with Crippen LogP contribution in [0.4, 0.5) is 0 Å². The molecule has 1 aromatic heterocycles. The Morgan fingerprint density at radius 2 is 2.19 bits per heavy atom. The Kier molecular flexibility index (Phi) is 4.02. The third-order valence-corrected chi connectivity index (χ3v) is 4.28. The van der Waals surface area contributed by atoms with E-state index in [1.807, 2.05) is 0 Å². The van der Waals surface area contributed by atoms with Gasteiger partial charge in [-0.25, -0.2) is 0 Å². The molecule has 6 heteroatoms. The number of carbonyl (C=O) groups excluding carboxylic acids is 1. The molecule has 1 aromatic carbocycles. The Labute approximate surface area is 132 Å². The number of halogens is 2. The number of β-amino-alcohol motifs (C(OH)–C–C–N with tert-alkyl or cyclic N) is 1. The van der Waals surface area contributed by atoms with Crippen molar-refractivity contribution in [3.8, 4) is 0 Å². The fourth-order valence-corrected chi connectivity index (χ4v) is 3.30. The fourth-order valence-electron chi connectivity index (χ4n) is 2.69. The largest absolute Gasteiger partial charge is 0.391 e. The van der Waals surface area contributed by atoms with E-state index in [1.54, 1.807) is 29.3 Å². The second-order valence-electron chi connectivity index (χ2n) is 5.16. The van der Waals surface area contributed by atoms with Crippen molar-refractivity contribution in [3.63, 3.8) is 0 Å². The van der Waals surface area contributed by atoms with Crippen LogP contribution in [0.15, 0.2) is 24.4 Å². The predicted molar refractivity (Wildman–Crippen MR) is 82.9 cm³/mol. The van der Waals surface area contributed by atoms with Crippen molar-refractivity contribution in [1.82, 2.24) is 9.88 Å². The molecule has 1 aliphatic rings. The number of piperidine rings is 1. The van der Waals surface area contributed by atoms with Crippen LogP contribution in [0.5, 0.6) is 0 Å². The number of aromatic nitrogens is 1. The molecule has 0 saturated carbocycles. The summed E-state index contributed by atoms with van der Waals surface area (Å²) >= 11 is 12.4. The Bertz CT molecular complexity index is 705. The molecule has 0 spiro atoms. The predicted octanol–water partition coefficient (Wildman–Crippen LogP) is 3.14. The van der Waals surface area contributed by atoms with E-state index >= 15 is 0 Å². The zero-order valence-electron chi connectivity index (χ0n) is 11.2. The monoisotopic (exact) mass is 324 g/mol. The highest BCUT2D eigenvalue weighted by molar-refractivity contribution is 6.41. The maximum absolute atomic E-state index is 12.8. The van der Waals surface area contributed by atoms with E-state index in [0.717, 1.165) is 12.8 Å². The summed E-state index contributed by atoms with van der Waals surface area (Å²) in [5.41, 5.74) is 0.961. The number of fused-ring (bicyclic) bond motifs is 1. The van der Waals surface area contributed by atoms with Crippen LogP contribution in [0.25, 0.3) is 10.9 Å². The Morgan fingerprint density at radius 3 is 2.95 bits per heavy atom. The molecule has 1 aliphatic heterocycles. The smallest absolute Gasteiger partial charge is 0.256 e. The van der Waals surface area contributed by atoms with Crippen LogP contribution >= 0.6 is 23.2 Å². The van der Waals surface area contributed by atoms with Crippen LogP contribution in [0.2, 0.25) is 10.0 Å². The van der Waals surface area contributed by atoms with Gasteiger partial charge in [-0.15, -0.1) is 0 Å². The van der Waals surface area contributed by atoms with Crippen molar-refractivity contribution in [2.45, 2.75) is 18.9 Å². The van der Waals surface area contributed by atoms with Crippen LogP contribution in [0.1, 0.15) is 23.2 Å². The molecule has 21 heavy (non-hydrogen) atoms. The Balaban J connectivity index is 2.09. The van der Waals surface area contributed by atoms with Gasteiger partial charge in [0.1, 0.15) is 0 Å². The number of carbonyl (C=O) groups is 1. The van der Waals surface area contributed by atoms with E-state index in [0.29, 0.717) is 39.6 Å². The maximum atomic E-state index is 12.8. The molecule has 1 amide bonds. The van der Waals surface area contributed by atoms with E-state index in [9.17, 15) is 9.90 Å². The van der Waals surface area contributed by atoms with E-state index in [-0.39, 0.29) is 5.91 Å². The maximum Gasteiger partial charge on any atom is 0.256 e. The van der Waals surface area contributed by atoms with Gasteiger partial charge < -0.3 is 10.0 Å². The summed E-state index contributed by atoms with van der Waals surface area (Å²) in [5, 5.41) is 11.1. The average molecular weight is 325 g/mol. The standard InChI is InChI=1S/C15H14Cl2N2O2/c16-11-7-12(17)14-10(4-1-5-18-14)13(11)15(21)19-6-2-3-9(20)8-19/h1,4-5,7,9,20H,2-3,6,8H2. The van der Waals surface area contributed by atoms with Crippen LogP contribution in [0.3, 0.4) is 0 Å².